The molecule has 8 heteroatoms. The summed E-state index contributed by atoms with van der Waals surface area (Å²) in [5.41, 5.74) is 0.777. The molecule has 1 heterocycles. The number of hydrogen-bond donors (Lipinski definition) is 2. The van der Waals surface area contributed by atoms with Crippen LogP contribution < -0.4 is 0 Å². The second-order valence-electron chi connectivity index (χ2n) is 3.76. The minimum absolute atomic E-state index is 0.0370. The number of aliphatic hydroxyl groups excluding tert-OH is 2. The third-order valence-electron chi connectivity index (χ3n) is 2.02. The minimum atomic E-state index is -0.125. The van der Waals surface area contributed by atoms with Gasteiger partial charge in [-0.1, -0.05) is 0 Å². The Hall–Kier alpha value is -1.37. The quantitative estimate of drug-likeness (QED) is 0.433. The Morgan fingerprint density at radius 3 is 2.22 bits per heavy atom. The monoisotopic (exact) mass is 390 g/mol. The molecule has 0 bridgehead atoms. The lowest BCUT2D eigenvalue weighted by Gasteiger charge is -2.09. The Kier molecular flexibility index (Phi) is 17.6. The van der Waals surface area contributed by atoms with Crippen LogP contribution in [0.3, 0.4) is 0 Å². The number of halogens is 1. The fraction of sp³-hybridized carbons (Fsp3) is 0.533. The Morgan fingerprint density at radius 2 is 1.87 bits per heavy atom. The second-order valence-corrected chi connectivity index (χ2v) is 4.51. The van der Waals surface area contributed by atoms with E-state index in [1.165, 1.54) is 12.3 Å². The summed E-state index contributed by atoms with van der Waals surface area (Å²) in [6.45, 7) is 7.00. The molecule has 0 saturated carbocycles. The van der Waals surface area contributed by atoms with Crippen molar-refractivity contribution in [1.29, 1.82) is 5.26 Å². The van der Waals surface area contributed by atoms with Crippen LogP contribution in [0.4, 0.5) is 0 Å². The van der Waals surface area contributed by atoms with Gasteiger partial charge in [0.15, 0.2) is 12.6 Å². The summed E-state index contributed by atoms with van der Waals surface area (Å²) >= 11 is 3.07. The van der Waals surface area contributed by atoms with Crippen molar-refractivity contribution >= 4 is 22.2 Å². The van der Waals surface area contributed by atoms with Crippen molar-refractivity contribution in [1.82, 2.24) is 4.98 Å². The van der Waals surface area contributed by atoms with E-state index in [0.29, 0.717) is 22.0 Å². The standard InChI is InChI=1S/C7H3BrN2O.C6H14O2.C2H6O2/c8-7-6(2-9)1-5(4-11)3-10-7;1-4-7-6(3)8-5-2;3-1-2-4/h1,3-4H;6H,4-5H2,1-3H3;3-4H,1-2H2. The highest BCUT2D eigenvalue weighted by atomic mass is 79.9. The van der Waals surface area contributed by atoms with Crippen LogP contribution in [-0.2, 0) is 9.47 Å². The molecule has 0 aliphatic rings. The fourth-order valence-electron chi connectivity index (χ4n) is 1.12. The molecule has 7 nitrogen and oxygen atoms in total. The number of carbonyl (C=O) groups excluding carboxylic acids is 1. The highest BCUT2D eigenvalue weighted by molar-refractivity contribution is 9.10. The molecule has 1 aromatic rings. The van der Waals surface area contributed by atoms with Gasteiger partial charge in [0.25, 0.3) is 0 Å². The molecular formula is C15H23BrN2O5. The molecule has 0 unspecified atom stereocenters. The molecule has 0 radical (unpaired) electrons. The third-order valence-corrected chi connectivity index (χ3v) is 2.65. The molecule has 0 spiro atoms. The number of rotatable bonds is 6. The summed E-state index contributed by atoms with van der Waals surface area (Å²) in [4.78, 5) is 14.0. The lowest BCUT2D eigenvalue weighted by molar-refractivity contribution is -0.123. The lowest BCUT2D eigenvalue weighted by atomic mass is 10.2. The van der Waals surface area contributed by atoms with Crippen LogP contribution in [0.5, 0.6) is 0 Å². The van der Waals surface area contributed by atoms with E-state index in [1.54, 1.807) is 0 Å². The normalized spacial score (nSPS) is 9.13. The molecular weight excluding hydrogens is 368 g/mol. The predicted octanol–water partition coefficient (Wildman–Crippen LogP) is 1.90. The van der Waals surface area contributed by atoms with Gasteiger partial charge < -0.3 is 19.7 Å². The molecule has 23 heavy (non-hydrogen) atoms. The van der Waals surface area contributed by atoms with Crippen LogP contribution in [0, 0.1) is 11.3 Å². The Balaban J connectivity index is 0. The van der Waals surface area contributed by atoms with E-state index < -0.39 is 0 Å². The summed E-state index contributed by atoms with van der Waals surface area (Å²) in [7, 11) is 0. The van der Waals surface area contributed by atoms with Gasteiger partial charge in [0.1, 0.15) is 10.7 Å². The lowest BCUT2D eigenvalue weighted by Crippen LogP contribution is -2.11. The average Bonchev–Trinajstić information content (AvgIpc) is 2.56. The Bertz CT molecular complexity index is 458. The molecule has 0 saturated heterocycles. The summed E-state index contributed by atoms with van der Waals surface area (Å²) in [5, 5.41) is 23.8. The first-order chi connectivity index (χ1) is 11.0. The number of nitrogens with zero attached hydrogens (tertiary/aromatic N) is 2. The fourth-order valence-corrected chi connectivity index (χ4v) is 1.43. The Morgan fingerprint density at radius 1 is 1.35 bits per heavy atom. The van der Waals surface area contributed by atoms with Crippen molar-refractivity contribution in [2.75, 3.05) is 26.4 Å². The summed E-state index contributed by atoms with van der Waals surface area (Å²) < 4.78 is 10.6. The van der Waals surface area contributed by atoms with E-state index in [1.807, 2.05) is 26.8 Å². The SMILES string of the molecule is CCOC(C)OCC.N#Cc1cc(C=O)cnc1Br.OCCO. The molecule has 130 valence electrons. The van der Waals surface area contributed by atoms with Gasteiger partial charge >= 0.3 is 0 Å². The van der Waals surface area contributed by atoms with Crippen LogP contribution in [-0.4, -0.2) is 54.2 Å². The van der Waals surface area contributed by atoms with Gasteiger partial charge in [0, 0.05) is 25.0 Å². The van der Waals surface area contributed by atoms with E-state index >= 15 is 0 Å². The smallest absolute Gasteiger partial charge is 0.154 e. The zero-order valence-corrected chi connectivity index (χ0v) is 15.1. The molecule has 0 atom stereocenters. The van der Waals surface area contributed by atoms with Crippen LogP contribution in [0.2, 0.25) is 0 Å². The Labute approximate surface area is 145 Å². The van der Waals surface area contributed by atoms with Crippen molar-refractivity contribution in [2.24, 2.45) is 0 Å². The maximum atomic E-state index is 10.2. The van der Waals surface area contributed by atoms with Gasteiger partial charge in [-0.25, -0.2) is 4.98 Å². The molecule has 0 aliphatic heterocycles. The van der Waals surface area contributed by atoms with Crippen LogP contribution in [0.25, 0.3) is 0 Å². The van der Waals surface area contributed by atoms with Gasteiger partial charge in [-0.2, -0.15) is 5.26 Å². The number of pyridine rings is 1. The number of aldehydes is 1. The molecule has 0 aromatic carbocycles. The zero-order chi connectivity index (χ0) is 18.1. The topological polar surface area (TPSA) is 113 Å². The van der Waals surface area contributed by atoms with E-state index in [9.17, 15) is 4.79 Å². The molecule has 1 rings (SSSR count). The zero-order valence-electron chi connectivity index (χ0n) is 13.5. The maximum Gasteiger partial charge on any atom is 0.154 e. The van der Waals surface area contributed by atoms with Gasteiger partial charge in [-0.3, -0.25) is 4.79 Å². The number of aliphatic hydroxyl groups is 2. The molecule has 0 fully saturated rings. The number of hydrogen-bond acceptors (Lipinski definition) is 7. The first kappa shape index (κ1) is 23.9. The number of aromatic nitrogens is 1. The first-order valence-electron chi connectivity index (χ1n) is 6.96. The van der Waals surface area contributed by atoms with Crippen LogP contribution in [0.1, 0.15) is 36.7 Å². The first-order valence-corrected chi connectivity index (χ1v) is 7.75. The predicted molar refractivity (Wildman–Crippen MR) is 88.9 cm³/mol. The van der Waals surface area contributed by atoms with Crippen molar-refractivity contribution in [3.63, 3.8) is 0 Å². The minimum Gasteiger partial charge on any atom is -0.394 e. The van der Waals surface area contributed by atoms with Crippen LogP contribution in [0.15, 0.2) is 16.9 Å². The highest BCUT2D eigenvalue weighted by Gasteiger charge is 2.00. The summed E-state index contributed by atoms with van der Waals surface area (Å²) in [6.07, 6.45) is 2.02. The largest absolute Gasteiger partial charge is 0.394 e. The van der Waals surface area contributed by atoms with E-state index in [-0.39, 0.29) is 19.5 Å². The number of nitriles is 1. The van der Waals surface area contributed by atoms with Crippen molar-refractivity contribution in [3.05, 3.63) is 28.0 Å². The third kappa shape index (κ3) is 14.0. The van der Waals surface area contributed by atoms with Crippen molar-refractivity contribution in [3.8, 4) is 6.07 Å². The van der Waals surface area contributed by atoms with Crippen molar-refractivity contribution < 1.29 is 24.5 Å². The molecule has 1 aromatic heterocycles. The maximum absolute atomic E-state index is 10.2. The van der Waals surface area contributed by atoms with Gasteiger partial charge in [0.05, 0.1) is 18.8 Å². The second kappa shape index (κ2) is 17.0. The molecule has 0 aliphatic carbocycles. The van der Waals surface area contributed by atoms with E-state index in [0.717, 1.165) is 13.2 Å². The molecule has 0 amide bonds. The van der Waals surface area contributed by atoms with Gasteiger partial charge in [-0.15, -0.1) is 0 Å². The summed E-state index contributed by atoms with van der Waals surface area (Å²) in [5.74, 6) is 0. The van der Waals surface area contributed by atoms with Gasteiger partial charge in [0.2, 0.25) is 0 Å². The molecule has 2 N–H and O–H groups in total. The van der Waals surface area contributed by atoms with Crippen molar-refractivity contribution in [2.45, 2.75) is 27.1 Å². The van der Waals surface area contributed by atoms with Crippen LogP contribution >= 0.6 is 15.9 Å². The number of ether oxygens (including phenoxy) is 2. The van der Waals surface area contributed by atoms with E-state index in [4.69, 9.17) is 24.9 Å². The highest BCUT2D eigenvalue weighted by Crippen LogP contribution is 2.12. The van der Waals surface area contributed by atoms with E-state index in [2.05, 4.69) is 20.9 Å². The summed E-state index contributed by atoms with van der Waals surface area (Å²) in [6, 6.07) is 3.38. The number of carbonyl (C=O) groups is 1. The van der Waals surface area contributed by atoms with Gasteiger partial charge in [-0.05, 0) is 42.8 Å². The average molecular weight is 391 g/mol.